The van der Waals surface area contributed by atoms with Gasteiger partial charge in [-0.2, -0.15) is 0 Å². The van der Waals surface area contributed by atoms with Crippen LogP contribution in [-0.2, 0) is 14.8 Å². The van der Waals surface area contributed by atoms with Crippen LogP contribution >= 0.6 is 11.6 Å². The van der Waals surface area contributed by atoms with E-state index in [0.717, 1.165) is 16.6 Å². The van der Waals surface area contributed by atoms with Gasteiger partial charge >= 0.3 is 0 Å². The number of nitro groups is 1. The number of non-ortho nitro benzene ring substituents is 1. The molecule has 0 radical (unpaired) electrons. The molecule has 8 nitrogen and oxygen atoms in total. The molecule has 1 atom stereocenters. The highest BCUT2D eigenvalue weighted by atomic mass is 35.5. The van der Waals surface area contributed by atoms with Crippen molar-refractivity contribution in [1.82, 2.24) is 0 Å². The molecule has 2 aromatic rings. The van der Waals surface area contributed by atoms with Crippen LogP contribution in [0.4, 0.5) is 17.1 Å². The Morgan fingerprint density at radius 2 is 1.89 bits per heavy atom. The lowest BCUT2D eigenvalue weighted by atomic mass is 10.1. The molecule has 0 unspecified atom stereocenters. The fraction of sp³-hybridized carbons (Fsp3) is 0.235. The summed E-state index contributed by atoms with van der Waals surface area (Å²) in [5.74, 6) is -0.626. The van der Waals surface area contributed by atoms with Gasteiger partial charge in [0.2, 0.25) is 15.9 Å². The van der Waals surface area contributed by atoms with E-state index in [1.807, 2.05) is 0 Å². The van der Waals surface area contributed by atoms with Gasteiger partial charge in [-0.1, -0.05) is 29.8 Å². The van der Waals surface area contributed by atoms with Crippen molar-refractivity contribution in [2.75, 3.05) is 15.9 Å². The number of carbonyl (C=O) groups is 1. The molecule has 0 spiro atoms. The van der Waals surface area contributed by atoms with Crippen molar-refractivity contribution < 1.29 is 18.1 Å². The molecule has 0 aliphatic heterocycles. The first kappa shape index (κ1) is 20.7. The molecule has 0 saturated heterocycles. The number of anilines is 2. The van der Waals surface area contributed by atoms with E-state index in [-0.39, 0.29) is 11.4 Å². The first-order valence-corrected chi connectivity index (χ1v) is 10.0. The minimum atomic E-state index is -3.91. The number of hydrogen-bond acceptors (Lipinski definition) is 5. The molecule has 0 aliphatic carbocycles. The van der Waals surface area contributed by atoms with Crippen molar-refractivity contribution in [3.8, 4) is 0 Å². The van der Waals surface area contributed by atoms with Gasteiger partial charge in [0.25, 0.3) is 5.69 Å². The van der Waals surface area contributed by atoms with Gasteiger partial charge in [-0.25, -0.2) is 8.42 Å². The quantitative estimate of drug-likeness (QED) is 0.579. The number of halogens is 1. The van der Waals surface area contributed by atoms with Gasteiger partial charge < -0.3 is 5.32 Å². The van der Waals surface area contributed by atoms with E-state index < -0.39 is 26.9 Å². The van der Waals surface area contributed by atoms with Crippen molar-refractivity contribution in [3.05, 3.63) is 63.2 Å². The summed E-state index contributed by atoms with van der Waals surface area (Å²) in [5, 5.41) is 13.9. The predicted molar refractivity (Wildman–Crippen MR) is 105 cm³/mol. The zero-order valence-electron chi connectivity index (χ0n) is 14.8. The van der Waals surface area contributed by atoms with Crippen molar-refractivity contribution in [2.45, 2.75) is 19.9 Å². The van der Waals surface area contributed by atoms with Crippen LogP contribution in [0.25, 0.3) is 0 Å². The van der Waals surface area contributed by atoms with Crippen molar-refractivity contribution in [2.24, 2.45) is 0 Å². The number of nitro benzene ring substituents is 1. The zero-order chi connectivity index (χ0) is 20.4. The van der Waals surface area contributed by atoms with Gasteiger partial charge in [0.1, 0.15) is 6.04 Å². The number of rotatable bonds is 6. The minimum absolute atomic E-state index is 0.0634. The average molecular weight is 412 g/mol. The summed E-state index contributed by atoms with van der Waals surface area (Å²) in [6, 6.07) is 9.20. The Labute approximate surface area is 162 Å². The van der Waals surface area contributed by atoms with Gasteiger partial charge in [-0.3, -0.25) is 19.2 Å². The zero-order valence-corrected chi connectivity index (χ0v) is 16.4. The summed E-state index contributed by atoms with van der Waals surface area (Å²) in [6.07, 6.45) is 0.935. The molecule has 2 rings (SSSR count). The first-order chi connectivity index (χ1) is 12.5. The second kappa shape index (κ2) is 7.93. The highest BCUT2D eigenvalue weighted by molar-refractivity contribution is 7.92. The van der Waals surface area contributed by atoms with Gasteiger partial charge in [-0.05, 0) is 31.5 Å². The smallest absolute Gasteiger partial charge is 0.271 e. The van der Waals surface area contributed by atoms with Gasteiger partial charge in [0.15, 0.2) is 0 Å². The number of carbonyl (C=O) groups excluding carboxylic acids is 1. The van der Waals surface area contributed by atoms with Crippen LogP contribution in [0, 0.1) is 17.0 Å². The topological polar surface area (TPSA) is 110 Å². The molecule has 10 heteroatoms. The predicted octanol–water partition coefficient (Wildman–Crippen LogP) is 3.35. The van der Waals surface area contributed by atoms with Gasteiger partial charge in [0.05, 0.1) is 27.6 Å². The molecule has 27 heavy (non-hydrogen) atoms. The number of hydrogen-bond donors (Lipinski definition) is 1. The Bertz CT molecular complexity index is 994. The number of nitrogens with one attached hydrogen (secondary N) is 1. The number of amides is 1. The van der Waals surface area contributed by atoms with E-state index in [2.05, 4.69) is 5.32 Å². The van der Waals surface area contributed by atoms with E-state index in [1.54, 1.807) is 31.2 Å². The fourth-order valence-electron chi connectivity index (χ4n) is 2.53. The molecule has 0 saturated carbocycles. The summed E-state index contributed by atoms with van der Waals surface area (Å²) in [7, 11) is -3.91. The summed E-state index contributed by atoms with van der Waals surface area (Å²) in [4.78, 5) is 23.1. The van der Waals surface area contributed by atoms with Crippen LogP contribution in [0.3, 0.4) is 0 Å². The standard InChI is InChI=1S/C17H18ClN3O5S/c1-11-8-9-13(21(23)24)10-16(11)20(27(3,25)26)12(2)17(22)19-15-7-5-4-6-14(15)18/h4-10,12H,1-3H3,(H,19,22)/t12-/m1/s1. The summed E-state index contributed by atoms with van der Waals surface area (Å²) >= 11 is 6.02. The lowest BCUT2D eigenvalue weighted by Gasteiger charge is -2.29. The molecular formula is C17H18ClN3O5S. The van der Waals surface area contributed by atoms with Crippen LogP contribution in [0.2, 0.25) is 5.02 Å². The Hall–Kier alpha value is -2.65. The average Bonchev–Trinajstić information content (AvgIpc) is 2.57. The second-order valence-electron chi connectivity index (χ2n) is 5.93. The molecule has 0 aliphatic rings. The third-order valence-corrected chi connectivity index (χ3v) is 5.42. The third kappa shape index (κ3) is 4.75. The molecule has 1 amide bonds. The molecule has 144 valence electrons. The SMILES string of the molecule is Cc1ccc([N+](=O)[O-])cc1N([C@H](C)C(=O)Nc1ccccc1Cl)S(C)(=O)=O. The van der Waals surface area contributed by atoms with E-state index >= 15 is 0 Å². The molecule has 1 N–H and O–H groups in total. The Balaban J connectivity index is 2.45. The Morgan fingerprint density at radius 3 is 2.44 bits per heavy atom. The van der Waals surface area contributed by atoms with E-state index in [1.165, 1.54) is 19.1 Å². The maximum Gasteiger partial charge on any atom is 0.271 e. The lowest BCUT2D eigenvalue weighted by Crippen LogP contribution is -2.45. The maximum absolute atomic E-state index is 12.6. The van der Waals surface area contributed by atoms with Crippen LogP contribution in [0.1, 0.15) is 12.5 Å². The van der Waals surface area contributed by atoms with E-state index in [4.69, 9.17) is 11.6 Å². The van der Waals surface area contributed by atoms with Crippen LogP contribution in [-0.4, -0.2) is 31.5 Å². The van der Waals surface area contributed by atoms with Gasteiger partial charge in [-0.15, -0.1) is 0 Å². The lowest BCUT2D eigenvalue weighted by molar-refractivity contribution is -0.384. The first-order valence-electron chi connectivity index (χ1n) is 7.82. The summed E-state index contributed by atoms with van der Waals surface area (Å²) in [6.45, 7) is 3.00. The highest BCUT2D eigenvalue weighted by Gasteiger charge is 2.31. The van der Waals surface area contributed by atoms with Gasteiger partial charge in [0, 0.05) is 12.1 Å². The number of nitrogens with zero attached hydrogens (tertiary/aromatic N) is 2. The van der Waals surface area contributed by atoms with Crippen LogP contribution in [0.15, 0.2) is 42.5 Å². The normalized spacial score (nSPS) is 12.3. The number of benzene rings is 2. The number of para-hydroxylation sites is 1. The van der Waals surface area contributed by atoms with Crippen LogP contribution in [0.5, 0.6) is 0 Å². The molecular weight excluding hydrogens is 394 g/mol. The summed E-state index contributed by atoms with van der Waals surface area (Å²) < 4.78 is 25.6. The molecule has 2 aromatic carbocycles. The monoisotopic (exact) mass is 411 g/mol. The highest BCUT2D eigenvalue weighted by Crippen LogP contribution is 2.30. The fourth-order valence-corrected chi connectivity index (χ4v) is 3.94. The Kier molecular flexibility index (Phi) is 6.07. The second-order valence-corrected chi connectivity index (χ2v) is 8.20. The molecule has 0 aromatic heterocycles. The Morgan fingerprint density at radius 1 is 1.26 bits per heavy atom. The van der Waals surface area contributed by atoms with Crippen molar-refractivity contribution >= 4 is 44.6 Å². The van der Waals surface area contributed by atoms with Crippen molar-refractivity contribution in [1.29, 1.82) is 0 Å². The number of aryl methyl sites for hydroxylation is 1. The van der Waals surface area contributed by atoms with E-state index in [0.29, 0.717) is 16.3 Å². The molecule has 0 bridgehead atoms. The van der Waals surface area contributed by atoms with Crippen LogP contribution < -0.4 is 9.62 Å². The van der Waals surface area contributed by atoms with E-state index in [9.17, 15) is 23.3 Å². The van der Waals surface area contributed by atoms with Crippen molar-refractivity contribution in [3.63, 3.8) is 0 Å². The third-order valence-electron chi connectivity index (χ3n) is 3.86. The molecule has 0 heterocycles. The maximum atomic E-state index is 12.6. The summed E-state index contributed by atoms with van der Waals surface area (Å²) in [5.41, 5.74) is 0.597. The largest absolute Gasteiger partial charge is 0.323 e. The number of sulfonamides is 1. The molecule has 0 fully saturated rings. The minimum Gasteiger partial charge on any atom is -0.323 e.